The molecule has 0 aromatic carbocycles. The van der Waals surface area contributed by atoms with Crippen molar-refractivity contribution in [3.8, 4) is 0 Å². The maximum absolute atomic E-state index is 9.49. The van der Waals surface area contributed by atoms with Gasteiger partial charge in [0.05, 0.1) is 0 Å². The summed E-state index contributed by atoms with van der Waals surface area (Å²) in [5.74, 6) is 0. The molecule has 2 N–H and O–H groups in total. The summed E-state index contributed by atoms with van der Waals surface area (Å²) in [5.41, 5.74) is 0. The van der Waals surface area contributed by atoms with Gasteiger partial charge in [-0.2, -0.15) is 0 Å². The van der Waals surface area contributed by atoms with Crippen molar-refractivity contribution >= 4 is 12.6 Å². The van der Waals surface area contributed by atoms with Crippen molar-refractivity contribution in [3.05, 3.63) is 0 Å². The van der Waals surface area contributed by atoms with Gasteiger partial charge < -0.3 is 15.1 Å². The first-order valence-electron chi connectivity index (χ1n) is 2.28. The van der Waals surface area contributed by atoms with Crippen LogP contribution in [0.2, 0.25) is 0 Å². The Morgan fingerprint density at radius 3 is 1.78 bits per heavy atom. The maximum Gasteiger partial charge on any atom is 0.503 e. The van der Waals surface area contributed by atoms with E-state index in [1.165, 1.54) is 0 Å². The van der Waals surface area contributed by atoms with Crippen LogP contribution in [0.1, 0.15) is 0 Å². The monoisotopic (exact) mass is 133 g/mol. The highest BCUT2D eigenvalue weighted by atomic mass is 16.6. The van der Waals surface area contributed by atoms with E-state index < -0.39 is 6.16 Å². The summed E-state index contributed by atoms with van der Waals surface area (Å²) in [5, 5.41) is 13.9. The highest BCUT2D eigenvalue weighted by Crippen LogP contribution is 1.94. The molecule has 52 valence electrons. The molecule has 5 nitrogen and oxygen atoms in total. The summed E-state index contributed by atoms with van der Waals surface area (Å²) >= 11 is 0. The fraction of sp³-hybridized carbons (Fsp3) is 0.500. The van der Waals surface area contributed by atoms with Crippen LogP contribution in [0.5, 0.6) is 0 Å². The minimum Gasteiger partial charge on any atom is -0.450 e. The Labute approximate surface area is 51.5 Å². The van der Waals surface area contributed by atoms with Crippen molar-refractivity contribution in [2.75, 3.05) is 13.1 Å². The lowest BCUT2D eigenvalue weighted by Crippen LogP contribution is -1.85. The number of carbonyl (C=O) groups is 2. The molecule has 1 heterocycles. The average molecular weight is 133 g/mol. The van der Waals surface area contributed by atoms with Gasteiger partial charge in [-0.3, -0.25) is 4.79 Å². The van der Waals surface area contributed by atoms with Gasteiger partial charge in [0, 0.05) is 13.1 Å². The van der Waals surface area contributed by atoms with E-state index in [-0.39, 0.29) is 0 Å². The SMILES string of the molecule is O=C(O)O.O=CN1CC1. The third-order valence-electron chi connectivity index (χ3n) is 0.631. The molecule has 0 aromatic heterocycles. The molecule has 0 atom stereocenters. The summed E-state index contributed by atoms with van der Waals surface area (Å²) in [4.78, 5) is 19.7. The number of amides is 1. The molecule has 1 saturated heterocycles. The fourth-order valence-electron chi connectivity index (χ4n) is 0.163. The van der Waals surface area contributed by atoms with Crippen molar-refractivity contribution in [3.63, 3.8) is 0 Å². The summed E-state index contributed by atoms with van der Waals surface area (Å²) in [7, 11) is 0. The van der Waals surface area contributed by atoms with Crippen LogP contribution in [-0.4, -0.2) is 40.8 Å². The van der Waals surface area contributed by atoms with E-state index >= 15 is 0 Å². The molecule has 0 saturated carbocycles. The summed E-state index contributed by atoms with van der Waals surface area (Å²) in [6.07, 6.45) is -0.972. The predicted molar refractivity (Wildman–Crippen MR) is 28.3 cm³/mol. The lowest BCUT2D eigenvalue weighted by molar-refractivity contribution is -0.113. The molecule has 0 radical (unpaired) electrons. The molecule has 0 aliphatic carbocycles. The molecule has 1 amide bonds. The molecule has 0 aromatic rings. The molecular weight excluding hydrogens is 126 g/mol. The van der Waals surface area contributed by atoms with E-state index in [4.69, 9.17) is 15.0 Å². The highest BCUT2D eigenvalue weighted by Gasteiger charge is 2.11. The second kappa shape index (κ2) is 3.71. The van der Waals surface area contributed by atoms with E-state index in [9.17, 15) is 4.79 Å². The number of hydrogen-bond acceptors (Lipinski definition) is 2. The molecule has 0 unspecified atom stereocenters. The Kier molecular flexibility index (Phi) is 3.19. The largest absolute Gasteiger partial charge is 0.503 e. The Hall–Kier alpha value is -1.26. The summed E-state index contributed by atoms with van der Waals surface area (Å²) < 4.78 is 0. The molecule has 1 fully saturated rings. The average Bonchev–Trinajstić information content (AvgIpc) is 2.43. The normalized spacial score (nSPS) is 13.1. The quantitative estimate of drug-likeness (QED) is 0.379. The Morgan fingerprint density at radius 2 is 1.78 bits per heavy atom. The van der Waals surface area contributed by atoms with Gasteiger partial charge in [0.15, 0.2) is 0 Å². The number of carbonyl (C=O) groups excluding carboxylic acids is 1. The molecule has 0 bridgehead atoms. The first kappa shape index (κ1) is 7.74. The molecule has 9 heavy (non-hydrogen) atoms. The van der Waals surface area contributed by atoms with Crippen molar-refractivity contribution in [1.29, 1.82) is 0 Å². The van der Waals surface area contributed by atoms with Gasteiger partial charge in [-0.15, -0.1) is 0 Å². The molecule has 0 spiro atoms. The summed E-state index contributed by atoms with van der Waals surface area (Å²) in [6.45, 7) is 1.95. The zero-order valence-electron chi connectivity index (χ0n) is 4.65. The first-order chi connectivity index (χ1) is 4.16. The third kappa shape index (κ3) is 10.8. The smallest absolute Gasteiger partial charge is 0.450 e. The van der Waals surface area contributed by atoms with Crippen LogP contribution >= 0.6 is 0 Å². The number of nitrogens with zero attached hydrogens (tertiary/aromatic N) is 1. The van der Waals surface area contributed by atoms with Gasteiger partial charge in [-0.05, 0) is 0 Å². The van der Waals surface area contributed by atoms with Gasteiger partial charge in [-0.25, -0.2) is 4.79 Å². The zero-order valence-corrected chi connectivity index (χ0v) is 4.65. The zero-order chi connectivity index (χ0) is 7.28. The lowest BCUT2D eigenvalue weighted by atomic mass is 11.0. The Bertz CT molecular complexity index is 105. The molecule has 1 aliphatic heterocycles. The van der Waals surface area contributed by atoms with Crippen molar-refractivity contribution in [2.24, 2.45) is 0 Å². The summed E-state index contributed by atoms with van der Waals surface area (Å²) in [6, 6.07) is 0. The van der Waals surface area contributed by atoms with Gasteiger partial charge in [0.1, 0.15) is 0 Å². The van der Waals surface area contributed by atoms with Crippen molar-refractivity contribution in [1.82, 2.24) is 4.90 Å². The molecular formula is C4H7NO4. The minimum absolute atomic E-state index is 0.861. The van der Waals surface area contributed by atoms with E-state index in [1.54, 1.807) is 4.90 Å². The topological polar surface area (TPSA) is 77.6 Å². The molecule has 5 heteroatoms. The first-order valence-corrected chi connectivity index (χ1v) is 2.28. The van der Waals surface area contributed by atoms with Crippen LogP contribution in [0, 0.1) is 0 Å². The Balaban J connectivity index is 0.000000148. The van der Waals surface area contributed by atoms with Crippen LogP contribution in [0.25, 0.3) is 0 Å². The van der Waals surface area contributed by atoms with Crippen LogP contribution in [-0.2, 0) is 4.79 Å². The van der Waals surface area contributed by atoms with E-state index in [0.717, 1.165) is 19.5 Å². The predicted octanol–water partition coefficient (Wildman–Crippen LogP) is -0.319. The Morgan fingerprint density at radius 1 is 1.44 bits per heavy atom. The highest BCUT2D eigenvalue weighted by molar-refractivity contribution is 5.53. The van der Waals surface area contributed by atoms with Gasteiger partial charge in [0.2, 0.25) is 6.41 Å². The minimum atomic E-state index is -1.83. The number of rotatable bonds is 1. The van der Waals surface area contributed by atoms with Crippen LogP contribution in [0.15, 0.2) is 0 Å². The third-order valence-corrected chi connectivity index (χ3v) is 0.631. The second-order valence-corrected chi connectivity index (χ2v) is 1.42. The van der Waals surface area contributed by atoms with E-state index in [1.807, 2.05) is 0 Å². The van der Waals surface area contributed by atoms with E-state index in [2.05, 4.69) is 0 Å². The second-order valence-electron chi connectivity index (χ2n) is 1.42. The molecule has 1 rings (SSSR count). The lowest BCUT2D eigenvalue weighted by Gasteiger charge is -1.71. The fourth-order valence-corrected chi connectivity index (χ4v) is 0.163. The van der Waals surface area contributed by atoms with Crippen molar-refractivity contribution < 1.29 is 19.8 Å². The van der Waals surface area contributed by atoms with Crippen LogP contribution in [0.4, 0.5) is 4.79 Å². The van der Waals surface area contributed by atoms with Gasteiger partial charge >= 0.3 is 6.16 Å². The van der Waals surface area contributed by atoms with Crippen molar-refractivity contribution in [2.45, 2.75) is 0 Å². The van der Waals surface area contributed by atoms with Gasteiger partial charge in [-0.1, -0.05) is 0 Å². The van der Waals surface area contributed by atoms with E-state index in [0.29, 0.717) is 0 Å². The number of carboxylic acid groups (broad SMARTS) is 2. The maximum atomic E-state index is 9.49. The van der Waals surface area contributed by atoms with Crippen LogP contribution in [0.3, 0.4) is 0 Å². The van der Waals surface area contributed by atoms with Gasteiger partial charge in [0.25, 0.3) is 0 Å². The number of hydrogen-bond donors (Lipinski definition) is 2. The molecule has 1 aliphatic rings. The standard InChI is InChI=1S/C3H5NO.CH2O3/c5-3-4-1-2-4;2-1(3)4/h3H,1-2H2;(H2,2,3,4). The van der Waals surface area contributed by atoms with Crippen LogP contribution < -0.4 is 0 Å².